The number of hydrogen-bond acceptors (Lipinski definition) is 6. The Morgan fingerprint density at radius 3 is 2.65 bits per heavy atom. The third-order valence-corrected chi connectivity index (χ3v) is 6.35. The van der Waals surface area contributed by atoms with E-state index in [1.54, 1.807) is 23.1 Å². The average molecular weight is 464 g/mol. The minimum atomic E-state index is -0.466. The van der Waals surface area contributed by atoms with Crippen molar-refractivity contribution in [1.29, 1.82) is 0 Å². The molecule has 34 heavy (non-hydrogen) atoms. The van der Waals surface area contributed by atoms with E-state index in [0.717, 1.165) is 30.2 Å². The molecule has 8 nitrogen and oxygen atoms in total. The number of carbonyl (C=O) groups is 2. The molecule has 0 bridgehead atoms. The van der Waals surface area contributed by atoms with Gasteiger partial charge in [-0.2, -0.15) is 0 Å². The number of nitrogens with one attached hydrogen (secondary N) is 1. The first kappa shape index (κ1) is 23.9. The van der Waals surface area contributed by atoms with Crippen molar-refractivity contribution in [3.05, 3.63) is 65.4 Å². The summed E-state index contributed by atoms with van der Waals surface area (Å²) in [6.45, 7) is 5.56. The molecule has 4 rings (SSSR count). The van der Waals surface area contributed by atoms with Crippen LogP contribution in [0.5, 0.6) is 0 Å². The standard InChI is InChI=1S/C26H33N5O3/c27-26(33)31-17-18-34-19-23(31)20-7-9-21(10-8-20)24(32)12-11-22-5-4-6-25(29-22)28-13-16-30-14-2-1-3-15-30/h4-12,23H,1-3,13-19H2,(H2,27,33)(H,28,29). The summed E-state index contributed by atoms with van der Waals surface area (Å²) in [6.07, 6.45) is 7.18. The van der Waals surface area contributed by atoms with Crippen LogP contribution in [0.1, 0.15) is 46.9 Å². The number of benzene rings is 1. The summed E-state index contributed by atoms with van der Waals surface area (Å²) >= 11 is 0. The van der Waals surface area contributed by atoms with Gasteiger partial charge in [0.1, 0.15) is 5.82 Å². The number of ketones is 1. The van der Waals surface area contributed by atoms with Crippen LogP contribution >= 0.6 is 0 Å². The molecule has 0 aliphatic carbocycles. The van der Waals surface area contributed by atoms with Gasteiger partial charge in [-0.1, -0.05) is 36.8 Å². The highest BCUT2D eigenvalue weighted by atomic mass is 16.5. The van der Waals surface area contributed by atoms with Crippen LogP contribution in [0.2, 0.25) is 0 Å². The number of primary amides is 1. The van der Waals surface area contributed by atoms with Crippen molar-refractivity contribution < 1.29 is 14.3 Å². The van der Waals surface area contributed by atoms with E-state index < -0.39 is 6.03 Å². The molecule has 8 heteroatoms. The fourth-order valence-corrected chi connectivity index (χ4v) is 4.44. The first-order valence-corrected chi connectivity index (χ1v) is 12.0. The zero-order valence-electron chi connectivity index (χ0n) is 19.5. The second-order valence-electron chi connectivity index (χ2n) is 8.72. The summed E-state index contributed by atoms with van der Waals surface area (Å²) in [6, 6.07) is 12.3. The molecule has 2 aromatic rings. The van der Waals surface area contributed by atoms with Gasteiger partial charge < -0.3 is 25.6 Å². The van der Waals surface area contributed by atoms with Crippen molar-refractivity contribution in [1.82, 2.24) is 14.8 Å². The molecular formula is C26H33N5O3. The number of urea groups is 1. The van der Waals surface area contributed by atoms with Crippen LogP contribution in [0.15, 0.2) is 48.5 Å². The largest absolute Gasteiger partial charge is 0.377 e. The van der Waals surface area contributed by atoms with Crippen LogP contribution in [-0.2, 0) is 4.74 Å². The normalized spacial score (nSPS) is 19.3. The van der Waals surface area contributed by atoms with Crippen LogP contribution < -0.4 is 11.1 Å². The number of likely N-dealkylation sites (tertiary alicyclic amines) is 1. The summed E-state index contributed by atoms with van der Waals surface area (Å²) in [5, 5.41) is 3.38. The first-order valence-electron chi connectivity index (χ1n) is 12.0. The summed E-state index contributed by atoms with van der Waals surface area (Å²) in [4.78, 5) is 33.0. The Bertz CT molecular complexity index is 1000. The van der Waals surface area contributed by atoms with E-state index in [9.17, 15) is 9.59 Å². The number of allylic oxidation sites excluding steroid dienone is 1. The van der Waals surface area contributed by atoms with Crippen molar-refractivity contribution in [3.63, 3.8) is 0 Å². The lowest BCUT2D eigenvalue weighted by atomic mass is 10.0. The highest BCUT2D eigenvalue weighted by molar-refractivity contribution is 6.06. The Hall–Kier alpha value is -3.23. The highest BCUT2D eigenvalue weighted by Gasteiger charge is 2.27. The van der Waals surface area contributed by atoms with Crippen molar-refractivity contribution in [2.45, 2.75) is 25.3 Å². The molecule has 180 valence electrons. The number of nitrogens with two attached hydrogens (primary N) is 1. The summed E-state index contributed by atoms with van der Waals surface area (Å²) in [5.41, 5.74) is 7.68. The predicted octanol–water partition coefficient (Wildman–Crippen LogP) is 3.33. The minimum Gasteiger partial charge on any atom is -0.377 e. The van der Waals surface area contributed by atoms with Crippen molar-refractivity contribution in [3.8, 4) is 0 Å². The minimum absolute atomic E-state index is 0.108. The Balaban J connectivity index is 1.32. The Kier molecular flexibility index (Phi) is 8.27. The molecule has 2 amide bonds. The molecule has 2 aliphatic rings. The Labute approximate surface area is 200 Å². The molecule has 2 saturated heterocycles. The molecule has 1 aromatic heterocycles. The number of morpholine rings is 1. The predicted molar refractivity (Wildman–Crippen MR) is 133 cm³/mol. The molecule has 0 spiro atoms. The van der Waals surface area contributed by atoms with E-state index in [4.69, 9.17) is 10.5 Å². The van der Waals surface area contributed by atoms with Crippen LogP contribution in [-0.4, -0.2) is 72.5 Å². The van der Waals surface area contributed by atoms with Gasteiger partial charge in [0.25, 0.3) is 0 Å². The number of ether oxygens (including phenoxy) is 1. The van der Waals surface area contributed by atoms with E-state index in [1.807, 2.05) is 30.3 Å². The maximum absolute atomic E-state index is 12.7. The monoisotopic (exact) mass is 463 g/mol. The van der Waals surface area contributed by atoms with Gasteiger partial charge in [0.15, 0.2) is 5.78 Å². The lowest BCUT2D eigenvalue weighted by Crippen LogP contribution is -2.46. The van der Waals surface area contributed by atoms with Crippen molar-refractivity contribution in [2.24, 2.45) is 5.73 Å². The fourth-order valence-electron chi connectivity index (χ4n) is 4.44. The lowest BCUT2D eigenvalue weighted by Gasteiger charge is -2.34. The SMILES string of the molecule is NC(=O)N1CCOCC1c1ccc(C(=O)C=Cc2cccc(NCCN3CCCCC3)n2)cc1. The molecule has 0 radical (unpaired) electrons. The number of rotatable bonds is 8. The van der Waals surface area contributed by atoms with Crippen LogP contribution in [0, 0.1) is 0 Å². The van der Waals surface area contributed by atoms with Gasteiger partial charge in [-0.3, -0.25) is 4.79 Å². The quantitative estimate of drug-likeness (QED) is 0.460. The maximum atomic E-state index is 12.7. The Morgan fingerprint density at radius 2 is 1.88 bits per heavy atom. The number of piperidine rings is 1. The topological polar surface area (TPSA) is 101 Å². The molecule has 1 atom stereocenters. The molecular weight excluding hydrogens is 430 g/mol. The molecule has 2 fully saturated rings. The molecule has 3 heterocycles. The van der Waals surface area contributed by atoms with E-state index in [2.05, 4.69) is 15.2 Å². The smallest absolute Gasteiger partial charge is 0.315 e. The number of carbonyl (C=O) groups excluding carboxylic acids is 2. The van der Waals surface area contributed by atoms with Crippen molar-refractivity contribution in [2.75, 3.05) is 51.3 Å². The molecule has 1 aromatic carbocycles. The Morgan fingerprint density at radius 1 is 1.09 bits per heavy atom. The van der Waals surface area contributed by atoms with Crippen molar-refractivity contribution >= 4 is 23.7 Å². The molecule has 2 aliphatic heterocycles. The first-order chi connectivity index (χ1) is 16.6. The number of hydrogen-bond donors (Lipinski definition) is 2. The van der Waals surface area contributed by atoms with Crippen LogP contribution in [0.4, 0.5) is 10.6 Å². The van der Waals surface area contributed by atoms with Gasteiger partial charge in [-0.25, -0.2) is 9.78 Å². The number of aromatic nitrogens is 1. The number of amides is 2. The lowest BCUT2D eigenvalue weighted by molar-refractivity contribution is 0.0137. The summed E-state index contributed by atoms with van der Waals surface area (Å²) in [7, 11) is 0. The second kappa shape index (κ2) is 11.8. The number of anilines is 1. The van der Waals surface area contributed by atoms with Crippen LogP contribution in [0.25, 0.3) is 6.08 Å². The van der Waals surface area contributed by atoms with Gasteiger partial charge >= 0.3 is 6.03 Å². The van der Waals surface area contributed by atoms with E-state index >= 15 is 0 Å². The van der Waals surface area contributed by atoms with Gasteiger partial charge in [0.2, 0.25) is 0 Å². The molecule has 1 unspecified atom stereocenters. The average Bonchev–Trinajstić information content (AvgIpc) is 2.88. The summed E-state index contributed by atoms with van der Waals surface area (Å²) < 4.78 is 5.51. The van der Waals surface area contributed by atoms with E-state index in [1.165, 1.54) is 38.4 Å². The number of nitrogens with zero attached hydrogens (tertiary/aromatic N) is 3. The highest BCUT2D eigenvalue weighted by Crippen LogP contribution is 2.24. The fraction of sp³-hybridized carbons (Fsp3) is 0.423. The third kappa shape index (κ3) is 6.42. The molecule has 3 N–H and O–H groups in total. The third-order valence-electron chi connectivity index (χ3n) is 6.35. The summed E-state index contributed by atoms with van der Waals surface area (Å²) in [5.74, 6) is 0.702. The van der Waals surface area contributed by atoms with Gasteiger partial charge in [0, 0.05) is 25.2 Å². The van der Waals surface area contributed by atoms with Gasteiger partial charge in [-0.05, 0) is 55.8 Å². The van der Waals surface area contributed by atoms with Crippen LogP contribution in [0.3, 0.4) is 0 Å². The molecule has 0 saturated carbocycles. The maximum Gasteiger partial charge on any atom is 0.315 e. The van der Waals surface area contributed by atoms with Gasteiger partial charge in [0.05, 0.1) is 24.9 Å². The zero-order chi connectivity index (χ0) is 23.8. The van der Waals surface area contributed by atoms with Gasteiger partial charge in [-0.15, -0.1) is 0 Å². The van der Waals surface area contributed by atoms with E-state index in [0.29, 0.717) is 25.3 Å². The number of pyridine rings is 1. The second-order valence-corrected chi connectivity index (χ2v) is 8.72. The van der Waals surface area contributed by atoms with E-state index in [-0.39, 0.29) is 11.8 Å². The zero-order valence-corrected chi connectivity index (χ0v) is 19.5.